The molecule has 0 spiro atoms. The molecule has 2 fully saturated rings. The van der Waals surface area contributed by atoms with Crippen molar-refractivity contribution in [2.24, 2.45) is 11.8 Å². The van der Waals surface area contributed by atoms with Gasteiger partial charge in [0, 0.05) is 48.3 Å². The Morgan fingerprint density at radius 1 is 0.976 bits per heavy atom. The van der Waals surface area contributed by atoms with Crippen LogP contribution >= 0.6 is 35.4 Å². The Kier molecular flexibility index (Phi) is 7.70. The largest absolute Gasteiger partial charge is 0.370 e. The molecule has 3 aliphatic heterocycles. The average Bonchev–Trinajstić information content (AvgIpc) is 3.28. The number of hydrogen-bond donors (Lipinski definition) is 1. The third-order valence-electron chi connectivity index (χ3n) is 9.17. The first-order valence-corrected chi connectivity index (χ1v) is 15.9. The molecule has 0 aliphatic carbocycles. The van der Waals surface area contributed by atoms with Gasteiger partial charge in [-0.1, -0.05) is 49.2 Å². The Morgan fingerprint density at radius 3 is 2.38 bits per heavy atom. The van der Waals surface area contributed by atoms with Gasteiger partial charge in [-0.05, 0) is 105 Å². The van der Waals surface area contributed by atoms with Crippen LogP contribution < -0.4 is 20.0 Å². The predicted octanol–water partition coefficient (Wildman–Crippen LogP) is 8.68. The lowest BCUT2D eigenvalue weighted by Gasteiger charge is -2.41. The summed E-state index contributed by atoms with van der Waals surface area (Å²) in [5.74, 6) is 1.27. The maximum atomic E-state index is 7.19. The second-order valence-corrected chi connectivity index (χ2v) is 14.1. The number of allylic oxidation sites excluding steroid dienone is 1. The molecular weight excluding hydrogens is 581 g/mol. The third-order valence-corrected chi connectivity index (χ3v) is 10.1. The number of piperidine rings is 1. The van der Waals surface area contributed by atoms with E-state index in [1.807, 2.05) is 24.4 Å². The molecule has 5 nitrogen and oxygen atoms in total. The quantitative estimate of drug-likeness (QED) is 0.294. The molecule has 2 aromatic carbocycles. The van der Waals surface area contributed by atoms with Crippen LogP contribution in [0.25, 0.3) is 5.57 Å². The molecule has 2 saturated heterocycles. The van der Waals surface area contributed by atoms with Crippen molar-refractivity contribution in [1.82, 2.24) is 10.3 Å². The minimum atomic E-state index is -0.227. The van der Waals surface area contributed by atoms with Gasteiger partial charge in [0.25, 0.3) is 0 Å². The van der Waals surface area contributed by atoms with Crippen molar-refractivity contribution in [3.63, 3.8) is 0 Å². The van der Waals surface area contributed by atoms with E-state index < -0.39 is 0 Å². The zero-order valence-corrected chi connectivity index (χ0v) is 27.5. The predicted molar refractivity (Wildman–Crippen MR) is 182 cm³/mol. The van der Waals surface area contributed by atoms with E-state index in [0.717, 1.165) is 46.4 Å². The van der Waals surface area contributed by atoms with Gasteiger partial charge < -0.3 is 20.0 Å². The van der Waals surface area contributed by atoms with Crippen molar-refractivity contribution in [3.05, 3.63) is 87.7 Å². The lowest BCUT2D eigenvalue weighted by atomic mass is 9.86. The highest BCUT2D eigenvalue weighted by atomic mass is 35.5. The Bertz CT molecular complexity index is 1540. The molecule has 1 aromatic heterocycles. The molecular formula is C34H39Cl2N5S. The number of halogens is 2. The number of hydrogen-bond acceptors (Lipinski definition) is 4. The van der Waals surface area contributed by atoms with Crippen molar-refractivity contribution in [2.75, 3.05) is 34.8 Å². The molecule has 3 aromatic rings. The molecule has 0 amide bonds. The van der Waals surface area contributed by atoms with E-state index in [9.17, 15) is 0 Å². The minimum Gasteiger partial charge on any atom is -0.370 e. The van der Waals surface area contributed by atoms with E-state index in [1.54, 1.807) is 0 Å². The van der Waals surface area contributed by atoms with Gasteiger partial charge in [-0.15, -0.1) is 0 Å². The average molecular weight is 621 g/mol. The van der Waals surface area contributed by atoms with Gasteiger partial charge in [-0.2, -0.15) is 0 Å². The molecule has 0 bridgehead atoms. The highest BCUT2D eigenvalue weighted by Crippen LogP contribution is 2.48. The Labute approximate surface area is 265 Å². The van der Waals surface area contributed by atoms with E-state index >= 15 is 0 Å². The number of nitrogens with zero attached hydrogens (tertiary/aromatic N) is 4. The zero-order chi connectivity index (χ0) is 29.9. The zero-order valence-electron chi connectivity index (χ0n) is 25.2. The summed E-state index contributed by atoms with van der Waals surface area (Å²) >= 11 is 20.2. The lowest BCUT2D eigenvalue weighted by molar-refractivity contribution is 0.357. The summed E-state index contributed by atoms with van der Waals surface area (Å²) < 4.78 is 0. The molecule has 4 atom stereocenters. The molecule has 220 valence electrons. The molecule has 1 N–H and O–H groups in total. The van der Waals surface area contributed by atoms with Crippen LogP contribution in [0.5, 0.6) is 0 Å². The number of likely N-dealkylation sites (N-methyl/N-ethyl adjacent to an activating group) is 1. The summed E-state index contributed by atoms with van der Waals surface area (Å²) in [6, 6.07) is 16.2. The van der Waals surface area contributed by atoms with Crippen LogP contribution in [-0.4, -0.2) is 35.8 Å². The van der Waals surface area contributed by atoms with Crippen LogP contribution in [0.4, 0.5) is 17.1 Å². The van der Waals surface area contributed by atoms with Crippen LogP contribution in [-0.2, 0) is 0 Å². The molecule has 0 saturated carbocycles. The number of nitrogens with one attached hydrogen (secondary N) is 1. The smallest absolute Gasteiger partial charge is 0.174 e. The molecule has 42 heavy (non-hydrogen) atoms. The SMILES string of the molecule is CC1=CC(C)(C)N(C)c2cc(Cl)c(C3C(c4ccccn4)NC(=S)N3c3ccc(N4CC(C)CC(C)C4)c(Cl)c3)cc21. The van der Waals surface area contributed by atoms with Crippen LogP contribution in [0, 0.1) is 11.8 Å². The van der Waals surface area contributed by atoms with E-state index in [-0.39, 0.29) is 17.6 Å². The minimum absolute atomic E-state index is 0.108. The first-order valence-electron chi connectivity index (χ1n) is 14.8. The summed E-state index contributed by atoms with van der Waals surface area (Å²) in [6.45, 7) is 13.3. The fourth-order valence-electron chi connectivity index (χ4n) is 7.13. The highest BCUT2D eigenvalue weighted by molar-refractivity contribution is 7.80. The van der Waals surface area contributed by atoms with Crippen LogP contribution in [0.3, 0.4) is 0 Å². The summed E-state index contributed by atoms with van der Waals surface area (Å²) in [4.78, 5) is 11.6. The molecule has 4 heterocycles. The van der Waals surface area contributed by atoms with E-state index in [1.165, 1.54) is 17.6 Å². The van der Waals surface area contributed by atoms with Crippen LogP contribution in [0.2, 0.25) is 10.0 Å². The molecule has 8 heteroatoms. The van der Waals surface area contributed by atoms with Crippen molar-refractivity contribution in [2.45, 2.75) is 58.7 Å². The first kappa shape index (κ1) is 29.3. The second-order valence-electron chi connectivity index (χ2n) is 12.9. The first-order chi connectivity index (χ1) is 19.9. The second kappa shape index (κ2) is 11.0. The van der Waals surface area contributed by atoms with Crippen LogP contribution in [0.15, 0.2) is 60.8 Å². The topological polar surface area (TPSA) is 34.6 Å². The van der Waals surface area contributed by atoms with Crippen LogP contribution in [0.1, 0.15) is 69.9 Å². The van der Waals surface area contributed by atoms with E-state index in [4.69, 9.17) is 40.4 Å². The molecule has 3 aliphatic rings. The number of benzene rings is 2. The van der Waals surface area contributed by atoms with E-state index in [2.05, 4.69) is 98.1 Å². The van der Waals surface area contributed by atoms with Gasteiger partial charge in [0.15, 0.2) is 5.11 Å². The van der Waals surface area contributed by atoms with Gasteiger partial charge in [-0.25, -0.2) is 0 Å². The number of rotatable bonds is 4. The standard InChI is InChI=1S/C34H39Cl2N5S/c1-20-13-21(2)19-40(18-20)29-11-10-23(14-27(29)36)41-32(31(38-33(41)42)28-9-7-8-12-37-28)25-15-24-22(3)17-34(4,5)39(6)30(24)16-26(25)35/h7-12,14-17,20-21,31-32H,13,18-19H2,1-6H3,(H,38,42). The fraction of sp³-hybridized carbons (Fsp3) is 0.412. The summed E-state index contributed by atoms with van der Waals surface area (Å²) in [5.41, 5.74) is 7.34. The summed E-state index contributed by atoms with van der Waals surface area (Å²) in [5, 5.41) is 5.63. The number of anilines is 3. The summed E-state index contributed by atoms with van der Waals surface area (Å²) in [6.07, 6.45) is 5.39. The van der Waals surface area contributed by atoms with Gasteiger partial charge in [-0.3, -0.25) is 4.98 Å². The molecule has 4 unspecified atom stereocenters. The maximum absolute atomic E-state index is 7.19. The lowest BCUT2D eigenvalue weighted by Crippen LogP contribution is -2.42. The number of thiocarbonyl (C=S) groups is 1. The Hall–Kier alpha value is -2.80. The fourth-order valence-corrected chi connectivity index (χ4v) is 8.04. The van der Waals surface area contributed by atoms with Gasteiger partial charge in [0.2, 0.25) is 0 Å². The number of fused-ring (bicyclic) bond motifs is 1. The van der Waals surface area contributed by atoms with Crippen molar-refractivity contribution in [3.8, 4) is 0 Å². The van der Waals surface area contributed by atoms with Gasteiger partial charge in [0.05, 0.1) is 34.0 Å². The molecule has 0 radical (unpaired) electrons. The van der Waals surface area contributed by atoms with Crippen molar-refractivity contribution in [1.29, 1.82) is 0 Å². The highest BCUT2D eigenvalue weighted by Gasteiger charge is 2.43. The maximum Gasteiger partial charge on any atom is 0.174 e. The monoisotopic (exact) mass is 619 g/mol. The number of pyridine rings is 1. The normalized spacial score (nSPS) is 25.3. The van der Waals surface area contributed by atoms with Crippen molar-refractivity contribution < 1.29 is 0 Å². The third kappa shape index (κ3) is 5.16. The van der Waals surface area contributed by atoms with Crippen molar-refractivity contribution >= 4 is 63.2 Å². The Balaban J connectivity index is 1.46. The van der Waals surface area contributed by atoms with Gasteiger partial charge in [0.1, 0.15) is 0 Å². The summed E-state index contributed by atoms with van der Waals surface area (Å²) in [7, 11) is 2.13. The molecule has 6 rings (SSSR count). The number of aromatic nitrogens is 1. The van der Waals surface area contributed by atoms with E-state index in [0.29, 0.717) is 22.0 Å². The van der Waals surface area contributed by atoms with Gasteiger partial charge >= 0.3 is 0 Å². The Morgan fingerprint density at radius 2 is 1.71 bits per heavy atom.